The van der Waals surface area contributed by atoms with Crippen LogP contribution in [-0.2, 0) is 4.79 Å². The number of likely N-dealkylation sites (tertiary alicyclic amines) is 1. The number of aryl methyl sites for hydroxylation is 2. The summed E-state index contributed by atoms with van der Waals surface area (Å²) in [5.74, 6) is 0.243. The zero-order valence-corrected chi connectivity index (χ0v) is 35.3. The van der Waals surface area contributed by atoms with Crippen molar-refractivity contribution in [2.24, 2.45) is 0 Å². The Labute approximate surface area is 367 Å². The molecule has 0 saturated carbocycles. The molecule has 18 heteroatoms. The Morgan fingerprint density at radius 1 is 0.641 bits per heavy atom. The zero-order valence-electron chi connectivity index (χ0n) is 35.3. The van der Waals surface area contributed by atoms with E-state index in [1.807, 2.05) is 47.2 Å². The molecule has 326 valence electrons. The number of piperidine rings is 2. The molecule has 8 heterocycles. The van der Waals surface area contributed by atoms with Crippen LogP contribution in [0.2, 0.25) is 0 Å². The number of benzene rings is 2. The lowest BCUT2D eigenvalue weighted by Crippen LogP contribution is -2.43. The third-order valence-electron chi connectivity index (χ3n) is 11.5. The van der Waals surface area contributed by atoms with E-state index in [4.69, 9.17) is 25.0 Å². The van der Waals surface area contributed by atoms with E-state index in [2.05, 4.69) is 35.9 Å². The Morgan fingerprint density at radius 2 is 1.09 bits per heavy atom. The highest BCUT2D eigenvalue weighted by atomic mass is 19.1. The highest BCUT2D eigenvalue weighted by Crippen LogP contribution is 2.34. The van der Waals surface area contributed by atoms with E-state index in [9.17, 15) is 13.6 Å². The molecule has 0 spiro atoms. The van der Waals surface area contributed by atoms with E-state index in [1.165, 1.54) is 24.3 Å². The van der Waals surface area contributed by atoms with Gasteiger partial charge in [0.1, 0.15) is 18.2 Å². The van der Waals surface area contributed by atoms with Crippen LogP contribution in [0.3, 0.4) is 0 Å². The number of anilines is 2. The summed E-state index contributed by atoms with van der Waals surface area (Å²) in [4.78, 5) is 50.1. The standard InChI is InChI=1S/C24H24FN7O2.C22H22FN7/c1-15-23-30-21(16-2-4-17(25)5-3-16)22(32(23)13-10-26-15)19-6-9-27-24(29-19)28-18-7-11-31(12-8-18)20(34)14-33;1-14-21-29-19(15-2-4-16(23)5-3-15)20(30(21)13-12-25-14)18-8-11-26-22(28-18)27-17-6-9-24-10-7-17/h2-6,9-10,13,18,33H,7-8,11-12,14H2,1H3,(H,27,28,29);2-5,8,11-13,17,24H,6-7,9-10H2,1H3,(H,26,27,28). The van der Waals surface area contributed by atoms with Crippen LogP contribution in [0, 0.1) is 25.5 Å². The molecule has 8 aromatic rings. The molecule has 0 unspecified atom stereocenters. The lowest BCUT2D eigenvalue weighted by molar-refractivity contribution is -0.135. The summed E-state index contributed by atoms with van der Waals surface area (Å²) in [6.07, 6.45) is 14.2. The highest BCUT2D eigenvalue weighted by Gasteiger charge is 2.25. The summed E-state index contributed by atoms with van der Waals surface area (Å²) >= 11 is 0. The van der Waals surface area contributed by atoms with Gasteiger partial charge in [-0.1, -0.05) is 0 Å². The van der Waals surface area contributed by atoms with Crippen LogP contribution < -0.4 is 16.0 Å². The number of nitrogens with zero attached hydrogens (tertiary/aromatic N) is 11. The predicted molar refractivity (Wildman–Crippen MR) is 238 cm³/mol. The Morgan fingerprint density at radius 3 is 1.55 bits per heavy atom. The van der Waals surface area contributed by atoms with Crippen molar-refractivity contribution in [1.82, 2.24) is 58.9 Å². The van der Waals surface area contributed by atoms with Gasteiger partial charge >= 0.3 is 0 Å². The van der Waals surface area contributed by atoms with Crippen molar-refractivity contribution < 1.29 is 18.7 Å². The maximum atomic E-state index is 13.6. The van der Waals surface area contributed by atoms with E-state index in [0.717, 1.165) is 89.7 Å². The van der Waals surface area contributed by atoms with Gasteiger partial charge in [0.05, 0.1) is 45.6 Å². The van der Waals surface area contributed by atoms with Gasteiger partial charge in [-0.3, -0.25) is 23.6 Å². The van der Waals surface area contributed by atoms with Gasteiger partial charge in [-0.25, -0.2) is 38.7 Å². The molecule has 0 bridgehead atoms. The van der Waals surface area contributed by atoms with Crippen LogP contribution in [0.4, 0.5) is 20.7 Å². The number of carbonyl (C=O) groups is 1. The summed E-state index contributed by atoms with van der Waals surface area (Å²) in [6.45, 7) is 6.48. The van der Waals surface area contributed by atoms with Crippen LogP contribution in [0.25, 0.3) is 56.6 Å². The first kappa shape index (κ1) is 42.0. The van der Waals surface area contributed by atoms with Gasteiger partial charge in [-0.2, -0.15) is 0 Å². The summed E-state index contributed by atoms with van der Waals surface area (Å²) in [7, 11) is 0. The Balaban J connectivity index is 0.000000163. The van der Waals surface area contributed by atoms with Gasteiger partial charge in [0, 0.05) is 73.5 Å². The molecule has 16 nitrogen and oxygen atoms in total. The number of aliphatic hydroxyl groups excluding tert-OH is 1. The van der Waals surface area contributed by atoms with Crippen LogP contribution in [0.1, 0.15) is 37.1 Å². The van der Waals surface area contributed by atoms with Crippen molar-refractivity contribution in [1.29, 1.82) is 0 Å². The lowest BCUT2D eigenvalue weighted by Gasteiger charge is -2.32. The van der Waals surface area contributed by atoms with E-state index in [-0.39, 0.29) is 23.6 Å². The van der Waals surface area contributed by atoms with E-state index < -0.39 is 6.61 Å². The fourth-order valence-electron chi connectivity index (χ4n) is 8.14. The number of halogens is 2. The summed E-state index contributed by atoms with van der Waals surface area (Å²) in [5, 5.41) is 19.3. The fraction of sp³-hybridized carbons (Fsp3) is 0.283. The van der Waals surface area contributed by atoms with E-state index in [0.29, 0.717) is 48.1 Å². The second-order valence-electron chi connectivity index (χ2n) is 15.7. The fourth-order valence-corrected chi connectivity index (χ4v) is 8.14. The minimum atomic E-state index is -0.464. The number of fused-ring (bicyclic) bond motifs is 2. The maximum Gasteiger partial charge on any atom is 0.248 e. The number of carbonyl (C=O) groups excluding carboxylic acids is 1. The number of hydrogen-bond donors (Lipinski definition) is 4. The molecule has 0 atom stereocenters. The second kappa shape index (κ2) is 18.6. The molecule has 6 aromatic heterocycles. The minimum Gasteiger partial charge on any atom is -0.387 e. The molecular weight excluding hydrogens is 819 g/mol. The molecule has 10 rings (SSSR count). The van der Waals surface area contributed by atoms with Gasteiger partial charge < -0.3 is 26.0 Å². The summed E-state index contributed by atoms with van der Waals surface area (Å²) in [5.41, 5.74) is 9.05. The number of aromatic nitrogens is 10. The van der Waals surface area contributed by atoms with Crippen LogP contribution in [0.15, 0.2) is 97.8 Å². The van der Waals surface area contributed by atoms with Gasteiger partial charge in [0.15, 0.2) is 11.3 Å². The number of aliphatic hydroxyl groups is 1. The molecule has 4 N–H and O–H groups in total. The van der Waals surface area contributed by atoms with Crippen molar-refractivity contribution in [2.75, 3.05) is 43.4 Å². The Kier molecular flexibility index (Phi) is 12.2. The molecule has 2 aliphatic heterocycles. The third-order valence-corrected chi connectivity index (χ3v) is 11.5. The van der Waals surface area contributed by atoms with Crippen LogP contribution in [-0.4, -0.2) is 109 Å². The molecule has 2 aliphatic rings. The van der Waals surface area contributed by atoms with Gasteiger partial charge in [-0.15, -0.1) is 0 Å². The Hall–Kier alpha value is -7.31. The predicted octanol–water partition coefficient (Wildman–Crippen LogP) is 6.16. The largest absolute Gasteiger partial charge is 0.387 e. The average molecular weight is 865 g/mol. The molecule has 2 aromatic carbocycles. The molecule has 0 radical (unpaired) electrons. The van der Waals surface area contributed by atoms with Crippen molar-refractivity contribution in [2.45, 2.75) is 51.6 Å². The summed E-state index contributed by atoms with van der Waals surface area (Å²) < 4.78 is 31.0. The first-order chi connectivity index (χ1) is 31.2. The number of nitrogens with one attached hydrogen (secondary N) is 3. The van der Waals surface area contributed by atoms with Crippen molar-refractivity contribution in [3.63, 3.8) is 0 Å². The Bertz CT molecular complexity index is 2910. The normalized spacial score (nSPS) is 14.7. The monoisotopic (exact) mass is 864 g/mol. The number of amides is 1. The maximum absolute atomic E-state index is 13.6. The molecule has 1 amide bonds. The third kappa shape index (κ3) is 8.95. The number of hydrogen-bond acceptors (Lipinski definition) is 13. The quantitative estimate of drug-likeness (QED) is 0.129. The van der Waals surface area contributed by atoms with Gasteiger partial charge in [0.25, 0.3) is 0 Å². The zero-order chi connectivity index (χ0) is 44.2. The highest BCUT2D eigenvalue weighted by molar-refractivity contribution is 5.82. The van der Waals surface area contributed by atoms with Crippen LogP contribution >= 0.6 is 0 Å². The van der Waals surface area contributed by atoms with Gasteiger partial charge in [-0.05, 0) is 113 Å². The molecule has 2 fully saturated rings. The van der Waals surface area contributed by atoms with E-state index in [1.54, 1.807) is 54.0 Å². The first-order valence-electron chi connectivity index (χ1n) is 21.2. The minimum absolute atomic E-state index is 0.114. The number of rotatable bonds is 9. The molecular formula is C46H46F2N14O2. The van der Waals surface area contributed by atoms with Gasteiger partial charge in [0.2, 0.25) is 17.8 Å². The lowest BCUT2D eigenvalue weighted by atomic mass is 10.1. The van der Waals surface area contributed by atoms with Crippen molar-refractivity contribution in [3.8, 4) is 45.3 Å². The van der Waals surface area contributed by atoms with Crippen LogP contribution in [0.5, 0.6) is 0 Å². The first-order valence-corrected chi connectivity index (χ1v) is 21.2. The second-order valence-corrected chi connectivity index (χ2v) is 15.7. The molecule has 64 heavy (non-hydrogen) atoms. The topological polar surface area (TPSA) is 189 Å². The molecule has 2 saturated heterocycles. The SMILES string of the molecule is Cc1nccn2c(-c3ccnc(NC4CCN(C(=O)CO)CC4)n3)c(-c3ccc(F)cc3)nc12.Cc1nccn2c(-c3ccnc(NC4CCNCC4)n3)c(-c3ccc(F)cc3)nc12. The summed E-state index contributed by atoms with van der Waals surface area (Å²) in [6, 6.07) is 16.7. The number of imidazole rings is 2. The average Bonchev–Trinajstić information content (AvgIpc) is 3.92. The molecule has 0 aliphatic carbocycles. The van der Waals surface area contributed by atoms with Crippen molar-refractivity contribution in [3.05, 3.63) is 121 Å². The smallest absolute Gasteiger partial charge is 0.248 e. The van der Waals surface area contributed by atoms with Crippen molar-refractivity contribution >= 4 is 29.1 Å². The van der Waals surface area contributed by atoms with E-state index >= 15 is 0 Å².